The van der Waals surface area contributed by atoms with Crippen LogP contribution in [0.2, 0.25) is 0 Å². The van der Waals surface area contributed by atoms with Crippen molar-refractivity contribution in [2.45, 2.75) is 38.7 Å². The Morgan fingerprint density at radius 3 is 3.07 bits per heavy atom. The molecule has 3 aliphatic carbocycles. The summed E-state index contributed by atoms with van der Waals surface area (Å²) < 4.78 is 5.54. The maximum Gasteiger partial charge on any atom is 0.305 e. The van der Waals surface area contributed by atoms with E-state index >= 15 is 0 Å². The second-order valence-corrected chi connectivity index (χ2v) is 5.18. The van der Waals surface area contributed by atoms with Crippen LogP contribution in [0.4, 0.5) is 0 Å². The number of rotatable bonds is 2. The highest BCUT2D eigenvalue weighted by Gasteiger charge is 2.53. The third-order valence-electron chi connectivity index (χ3n) is 4.51. The molecule has 3 rings (SSSR count). The second kappa shape index (κ2) is 3.36. The molecule has 2 heteroatoms. The minimum Gasteiger partial charge on any atom is -0.462 e. The minimum atomic E-state index is -0.0185. The van der Waals surface area contributed by atoms with Crippen LogP contribution in [-0.2, 0) is 9.53 Å². The SMILES string of the molecule is CCC(=O)O[C@@H]1C[C@H]2C[C@@H]1[C@H]1CC=C[C@H]21. The molecular formula is C13H18O2. The van der Waals surface area contributed by atoms with E-state index in [9.17, 15) is 4.79 Å². The van der Waals surface area contributed by atoms with Crippen LogP contribution in [0.1, 0.15) is 32.6 Å². The number of allylic oxidation sites excluding steroid dienone is 2. The fourth-order valence-corrected chi connectivity index (χ4v) is 3.88. The van der Waals surface area contributed by atoms with Crippen molar-refractivity contribution >= 4 is 5.97 Å². The van der Waals surface area contributed by atoms with Gasteiger partial charge in [0, 0.05) is 6.42 Å². The number of fused-ring (bicyclic) bond motifs is 5. The molecule has 2 saturated carbocycles. The third kappa shape index (κ3) is 1.34. The zero-order valence-electron chi connectivity index (χ0n) is 9.19. The van der Waals surface area contributed by atoms with E-state index in [1.54, 1.807) is 0 Å². The lowest BCUT2D eigenvalue weighted by Gasteiger charge is -2.30. The molecule has 0 aromatic rings. The summed E-state index contributed by atoms with van der Waals surface area (Å²) in [6.07, 6.45) is 9.09. The van der Waals surface area contributed by atoms with Crippen LogP contribution in [0.3, 0.4) is 0 Å². The molecule has 0 amide bonds. The largest absolute Gasteiger partial charge is 0.462 e. The van der Waals surface area contributed by atoms with Crippen molar-refractivity contribution in [2.24, 2.45) is 23.7 Å². The molecule has 0 radical (unpaired) electrons. The predicted molar refractivity (Wildman–Crippen MR) is 57.1 cm³/mol. The van der Waals surface area contributed by atoms with E-state index in [0.29, 0.717) is 12.3 Å². The van der Waals surface area contributed by atoms with E-state index in [4.69, 9.17) is 4.74 Å². The van der Waals surface area contributed by atoms with Crippen molar-refractivity contribution in [1.82, 2.24) is 0 Å². The van der Waals surface area contributed by atoms with Crippen molar-refractivity contribution in [3.8, 4) is 0 Å². The Morgan fingerprint density at radius 2 is 2.27 bits per heavy atom. The van der Waals surface area contributed by atoms with Crippen molar-refractivity contribution in [1.29, 1.82) is 0 Å². The average Bonchev–Trinajstić information content (AvgIpc) is 2.87. The minimum absolute atomic E-state index is 0.0185. The summed E-state index contributed by atoms with van der Waals surface area (Å²) in [7, 11) is 0. The summed E-state index contributed by atoms with van der Waals surface area (Å²) >= 11 is 0. The Labute approximate surface area is 90.7 Å². The number of hydrogen-bond acceptors (Lipinski definition) is 2. The molecular weight excluding hydrogens is 188 g/mol. The van der Waals surface area contributed by atoms with Gasteiger partial charge in [-0.2, -0.15) is 0 Å². The number of esters is 1. The van der Waals surface area contributed by atoms with E-state index in [1.165, 1.54) is 12.8 Å². The van der Waals surface area contributed by atoms with Crippen LogP contribution in [0, 0.1) is 23.7 Å². The summed E-state index contributed by atoms with van der Waals surface area (Å²) in [6, 6.07) is 0. The van der Waals surface area contributed by atoms with Gasteiger partial charge in [0.1, 0.15) is 6.10 Å². The molecule has 5 atom stereocenters. The summed E-state index contributed by atoms with van der Waals surface area (Å²) in [5, 5.41) is 0. The van der Waals surface area contributed by atoms with Crippen LogP contribution < -0.4 is 0 Å². The van der Waals surface area contributed by atoms with Gasteiger partial charge in [-0.05, 0) is 42.9 Å². The van der Waals surface area contributed by atoms with Crippen molar-refractivity contribution in [3.05, 3.63) is 12.2 Å². The zero-order chi connectivity index (χ0) is 10.4. The monoisotopic (exact) mass is 206 g/mol. The van der Waals surface area contributed by atoms with Crippen LogP contribution in [-0.4, -0.2) is 12.1 Å². The van der Waals surface area contributed by atoms with Crippen LogP contribution >= 0.6 is 0 Å². The van der Waals surface area contributed by atoms with Gasteiger partial charge in [0.25, 0.3) is 0 Å². The summed E-state index contributed by atoms with van der Waals surface area (Å²) in [5.41, 5.74) is 0. The van der Waals surface area contributed by atoms with Crippen LogP contribution in [0.25, 0.3) is 0 Å². The second-order valence-electron chi connectivity index (χ2n) is 5.18. The highest BCUT2D eigenvalue weighted by molar-refractivity contribution is 5.69. The molecule has 2 nitrogen and oxygen atoms in total. The summed E-state index contributed by atoms with van der Waals surface area (Å²) in [6.45, 7) is 1.87. The first-order chi connectivity index (χ1) is 7.29. The Kier molecular flexibility index (Phi) is 2.11. The topological polar surface area (TPSA) is 26.3 Å². The highest BCUT2D eigenvalue weighted by atomic mass is 16.5. The maximum absolute atomic E-state index is 11.3. The third-order valence-corrected chi connectivity index (χ3v) is 4.51. The Hall–Kier alpha value is -0.790. The van der Waals surface area contributed by atoms with Crippen molar-refractivity contribution in [2.75, 3.05) is 0 Å². The van der Waals surface area contributed by atoms with E-state index in [-0.39, 0.29) is 12.1 Å². The Balaban J connectivity index is 1.69. The molecule has 0 aliphatic heterocycles. The first-order valence-corrected chi connectivity index (χ1v) is 6.15. The van der Waals surface area contributed by atoms with Crippen LogP contribution in [0.5, 0.6) is 0 Å². The molecule has 0 aromatic heterocycles. The summed E-state index contributed by atoms with van der Waals surface area (Å²) in [4.78, 5) is 11.3. The van der Waals surface area contributed by atoms with Gasteiger partial charge in [-0.1, -0.05) is 19.1 Å². The number of carbonyl (C=O) groups is 1. The maximum atomic E-state index is 11.3. The fraction of sp³-hybridized carbons (Fsp3) is 0.769. The van der Waals surface area contributed by atoms with Crippen LogP contribution in [0.15, 0.2) is 12.2 Å². The Bertz CT molecular complexity index is 308. The number of hydrogen-bond donors (Lipinski definition) is 0. The van der Waals surface area contributed by atoms with Gasteiger partial charge in [0.2, 0.25) is 0 Å². The fourth-order valence-electron chi connectivity index (χ4n) is 3.88. The molecule has 0 unspecified atom stereocenters. The van der Waals surface area contributed by atoms with Gasteiger partial charge >= 0.3 is 5.97 Å². The van der Waals surface area contributed by atoms with E-state index in [0.717, 1.165) is 24.2 Å². The normalized spacial score (nSPS) is 45.8. The average molecular weight is 206 g/mol. The predicted octanol–water partition coefficient (Wildman–Crippen LogP) is 2.54. The first-order valence-electron chi connectivity index (χ1n) is 6.15. The molecule has 0 spiro atoms. The molecule has 2 fully saturated rings. The van der Waals surface area contributed by atoms with Gasteiger partial charge in [-0.3, -0.25) is 4.79 Å². The van der Waals surface area contributed by atoms with E-state index in [2.05, 4.69) is 12.2 Å². The molecule has 2 bridgehead atoms. The van der Waals surface area contributed by atoms with Gasteiger partial charge in [0.05, 0.1) is 0 Å². The summed E-state index contributed by atoms with van der Waals surface area (Å²) in [5.74, 6) is 3.04. The standard InChI is InChI=1S/C13H18O2/c1-2-13(14)15-12-7-8-6-11(12)10-5-3-4-9(8)10/h3-4,8-12H,2,5-7H2,1H3/t8-,9-,10+,11-,12-/m1/s1. The first kappa shape index (κ1) is 9.44. The lowest BCUT2D eigenvalue weighted by Crippen LogP contribution is -2.32. The number of carbonyl (C=O) groups excluding carboxylic acids is 1. The van der Waals surface area contributed by atoms with Gasteiger partial charge in [-0.25, -0.2) is 0 Å². The number of ether oxygens (including phenoxy) is 1. The molecule has 0 aromatic carbocycles. The van der Waals surface area contributed by atoms with E-state index < -0.39 is 0 Å². The smallest absolute Gasteiger partial charge is 0.305 e. The lowest BCUT2D eigenvalue weighted by atomic mass is 9.80. The molecule has 0 saturated heterocycles. The van der Waals surface area contributed by atoms with Gasteiger partial charge < -0.3 is 4.74 Å². The zero-order valence-corrected chi connectivity index (χ0v) is 9.19. The molecule has 0 N–H and O–H groups in total. The Morgan fingerprint density at radius 1 is 1.40 bits per heavy atom. The molecule has 82 valence electrons. The van der Waals surface area contributed by atoms with Crippen molar-refractivity contribution in [3.63, 3.8) is 0 Å². The van der Waals surface area contributed by atoms with Crippen molar-refractivity contribution < 1.29 is 9.53 Å². The highest BCUT2D eigenvalue weighted by Crippen LogP contribution is 2.57. The van der Waals surface area contributed by atoms with E-state index in [1.807, 2.05) is 6.92 Å². The van der Waals surface area contributed by atoms with Gasteiger partial charge in [-0.15, -0.1) is 0 Å². The quantitative estimate of drug-likeness (QED) is 0.512. The lowest BCUT2D eigenvalue weighted by molar-refractivity contribution is -0.152. The molecule has 15 heavy (non-hydrogen) atoms. The molecule has 3 aliphatic rings. The van der Waals surface area contributed by atoms with Gasteiger partial charge in [0.15, 0.2) is 0 Å². The molecule has 0 heterocycles.